The molecule has 0 atom stereocenters. The van der Waals surface area contributed by atoms with E-state index in [1.807, 2.05) is 0 Å². The Morgan fingerprint density at radius 3 is 2.44 bits per heavy atom. The van der Waals surface area contributed by atoms with Gasteiger partial charge in [0.15, 0.2) is 5.78 Å². The van der Waals surface area contributed by atoms with Gasteiger partial charge in [0.1, 0.15) is 5.75 Å². The highest BCUT2D eigenvalue weighted by molar-refractivity contribution is 5.98. The van der Waals surface area contributed by atoms with Crippen LogP contribution in [0.1, 0.15) is 40.7 Å². The Kier molecular flexibility index (Phi) is 3.32. The van der Waals surface area contributed by atoms with Crippen molar-refractivity contribution >= 4 is 5.78 Å². The lowest BCUT2D eigenvalue weighted by Crippen LogP contribution is -2.11. The molecule has 1 aliphatic carbocycles. The first-order valence-electron chi connectivity index (χ1n) is 5.75. The van der Waals surface area contributed by atoms with Gasteiger partial charge in [0.25, 0.3) is 0 Å². The van der Waals surface area contributed by atoms with E-state index in [0.29, 0.717) is 18.4 Å². The minimum absolute atomic E-state index is 0.195. The number of methoxy groups -OCH3 is 1. The van der Waals surface area contributed by atoms with Crippen LogP contribution in [0.15, 0.2) is 12.1 Å². The van der Waals surface area contributed by atoms with Gasteiger partial charge in [0, 0.05) is 12.0 Å². The number of hydrogen-bond donors (Lipinski definition) is 0. The minimum atomic E-state index is -4.51. The molecule has 1 aromatic carbocycles. The summed E-state index contributed by atoms with van der Waals surface area (Å²) in [6, 6.07) is 2.28. The number of fused-ring (bicyclic) bond motifs is 1. The number of rotatable bonds is 1. The Labute approximate surface area is 103 Å². The van der Waals surface area contributed by atoms with E-state index in [1.54, 1.807) is 0 Å². The first kappa shape index (κ1) is 12.9. The molecule has 2 nitrogen and oxygen atoms in total. The molecule has 98 valence electrons. The molecule has 0 bridgehead atoms. The van der Waals surface area contributed by atoms with Crippen LogP contribution in [0, 0.1) is 0 Å². The third-order valence-electron chi connectivity index (χ3n) is 3.13. The van der Waals surface area contributed by atoms with Crippen LogP contribution < -0.4 is 4.74 Å². The first-order chi connectivity index (χ1) is 8.43. The van der Waals surface area contributed by atoms with E-state index in [2.05, 4.69) is 0 Å². The number of benzene rings is 1. The number of ether oxygens (including phenoxy) is 1. The van der Waals surface area contributed by atoms with Crippen LogP contribution in [0.2, 0.25) is 0 Å². The summed E-state index contributed by atoms with van der Waals surface area (Å²) in [7, 11) is 1.20. The first-order valence-corrected chi connectivity index (χ1v) is 5.75. The van der Waals surface area contributed by atoms with Gasteiger partial charge in [-0.3, -0.25) is 4.79 Å². The van der Waals surface area contributed by atoms with Crippen molar-refractivity contribution in [1.82, 2.24) is 0 Å². The Hall–Kier alpha value is -1.52. The maximum atomic E-state index is 12.8. The van der Waals surface area contributed by atoms with Gasteiger partial charge in [-0.25, -0.2) is 0 Å². The number of ketones is 1. The van der Waals surface area contributed by atoms with E-state index < -0.39 is 11.7 Å². The SMILES string of the molecule is COc1cc2c(cc1C(F)(F)F)C(=O)CCCC2. The highest BCUT2D eigenvalue weighted by Gasteiger charge is 2.36. The molecule has 1 aliphatic rings. The second kappa shape index (κ2) is 4.63. The van der Waals surface area contributed by atoms with Crippen LogP contribution in [0.3, 0.4) is 0 Å². The fourth-order valence-corrected chi connectivity index (χ4v) is 2.21. The number of alkyl halides is 3. The van der Waals surface area contributed by atoms with Crippen molar-refractivity contribution in [2.24, 2.45) is 0 Å². The maximum Gasteiger partial charge on any atom is 0.419 e. The largest absolute Gasteiger partial charge is 0.496 e. The molecule has 0 spiro atoms. The van der Waals surface area contributed by atoms with Crippen molar-refractivity contribution in [2.75, 3.05) is 7.11 Å². The zero-order valence-electron chi connectivity index (χ0n) is 9.93. The van der Waals surface area contributed by atoms with Crippen LogP contribution in [-0.4, -0.2) is 12.9 Å². The van der Waals surface area contributed by atoms with E-state index in [-0.39, 0.29) is 17.1 Å². The normalized spacial score (nSPS) is 16.1. The number of halogens is 3. The van der Waals surface area contributed by atoms with Crippen molar-refractivity contribution in [3.05, 3.63) is 28.8 Å². The molecule has 0 aliphatic heterocycles. The third kappa shape index (κ3) is 2.35. The summed E-state index contributed by atoms with van der Waals surface area (Å²) in [5.41, 5.74) is -0.0259. The van der Waals surface area contributed by atoms with E-state index in [9.17, 15) is 18.0 Å². The van der Waals surface area contributed by atoms with Crippen molar-refractivity contribution in [2.45, 2.75) is 31.9 Å². The molecular weight excluding hydrogens is 245 g/mol. The Balaban J connectivity index is 2.60. The second-order valence-electron chi connectivity index (χ2n) is 4.34. The summed E-state index contributed by atoms with van der Waals surface area (Å²) in [4.78, 5) is 11.8. The summed E-state index contributed by atoms with van der Waals surface area (Å²) in [6.07, 6.45) is -2.04. The van der Waals surface area contributed by atoms with Crippen LogP contribution >= 0.6 is 0 Å². The Morgan fingerprint density at radius 1 is 1.17 bits per heavy atom. The van der Waals surface area contributed by atoms with Crippen molar-refractivity contribution in [1.29, 1.82) is 0 Å². The lowest BCUT2D eigenvalue weighted by atomic mass is 9.98. The standard InChI is InChI=1S/C13H13F3O2/c1-18-12-6-8-4-2-3-5-11(17)9(8)7-10(12)13(14,15)16/h6-7H,2-5H2,1H3. The lowest BCUT2D eigenvalue weighted by Gasteiger charge is -2.15. The average Bonchev–Trinajstić information content (AvgIpc) is 2.48. The summed E-state index contributed by atoms with van der Waals surface area (Å²) < 4.78 is 43.3. The van der Waals surface area contributed by atoms with Gasteiger partial charge in [-0.15, -0.1) is 0 Å². The molecule has 18 heavy (non-hydrogen) atoms. The summed E-state index contributed by atoms with van der Waals surface area (Å²) in [5.74, 6) is -0.424. The lowest BCUT2D eigenvalue weighted by molar-refractivity contribution is -0.138. The summed E-state index contributed by atoms with van der Waals surface area (Å²) in [5, 5.41) is 0. The highest BCUT2D eigenvalue weighted by atomic mass is 19.4. The van der Waals surface area contributed by atoms with Crippen molar-refractivity contribution in [3.63, 3.8) is 0 Å². The van der Waals surface area contributed by atoms with E-state index in [0.717, 1.165) is 18.9 Å². The maximum absolute atomic E-state index is 12.8. The van der Waals surface area contributed by atoms with Gasteiger partial charge in [-0.2, -0.15) is 13.2 Å². The van der Waals surface area contributed by atoms with Gasteiger partial charge in [0.2, 0.25) is 0 Å². The molecule has 0 unspecified atom stereocenters. The van der Waals surface area contributed by atoms with E-state index >= 15 is 0 Å². The van der Waals surface area contributed by atoms with E-state index in [1.165, 1.54) is 13.2 Å². The predicted molar refractivity (Wildman–Crippen MR) is 59.9 cm³/mol. The van der Waals surface area contributed by atoms with Crippen molar-refractivity contribution < 1.29 is 22.7 Å². The highest BCUT2D eigenvalue weighted by Crippen LogP contribution is 2.39. The molecule has 5 heteroatoms. The summed E-state index contributed by atoms with van der Waals surface area (Å²) >= 11 is 0. The monoisotopic (exact) mass is 258 g/mol. The molecule has 0 radical (unpaired) electrons. The molecule has 0 amide bonds. The topological polar surface area (TPSA) is 26.3 Å². The molecule has 0 aromatic heterocycles. The van der Waals surface area contributed by atoms with Gasteiger partial charge >= 0.3 is 6.18 Å². The molecule has 0 saturated heterocycles. The van der Waals surface area contributed by atoms with Crippen molar-refractivity contribution in [3.8, 4) is 5.75 Å². The number of aryl methyl sites for hydroxylation is 1. The molecule has 1 aromatic rings. The summed E-state index contributed by atoms with van der Waals surface area (Å²) in [6.45, 7) is 0. The molecule has 0 N–H and O–H groups in total. The zero-order chi connectivity index (χ0) is 13.3. The van der Waals surface area contributed by atoms with Crippen LogP contribution in [-0.2, 0) is 12.6 Å². The Morgan fingerprint density at radius 2 is 1.83 bits per heavy atom. The minimum Gasteiger partial charge on any atom is -0.496 e. The molecule has 0 fully saturated rings. The average molecular weight is 258 g/mol. The number of Topliss-reactive ketones (excluding diaryl/α,β-unsaturated/α-hetero) is 1. The predicted octanol–water partition coefficient (Wildman–Crippen LogP) is 3.62. The fraction of sp³-hybridized carbons (Fsp3) is 0.462. The van der Waals surface area contributed by atoms with Gasteiger partial charge in [-0.05, 0) is 37.0 Å². The zero-order valence-corrected chi connectivity index (χ0v) is 9.93. The Bertz CT molecular complexity index is 478. The molecule has 0 saturated carbocycles. The second-order valence-corrected chi connectivity index (χ2v) is 4.34. The van der Waals surface area contributed by atoms with Gasteiger partial charge < -0.3 is 4.74 Å². The van der Waals surface area contributed by atoms with Crippen LogP contribution in [0.5, 0.6) is 5.75 Å². The van der Waals surface area contributed by atoms with Crippen LogP contribution in [0.4, 0.5) is 13.2 Å². The quantitative estimate of drug-likeness (QED) is 0.719. The smallest absolute Gasteiger partial charge is 0.419 e. The number of carbonyl (C=O) groups is 1. The van der Waals surface area contributed by atoms with Gasteiger partial charge in [-0.1, -0.05) is 0 Å². The number of hydrogen-bond acceptors (Lipinski definition) is 2. The van der Waals surface area contributed by atoms with E-state index in [4.69, 9.17) is 4.74 Å². The van der Waals surface area contributed by atoms with Gasteiger partial charge in [0.05, 0.1) is 12.7 Å². The molecule has 0 heterocycles. The number of carbonyl (C=O) groups excluding carboxylic acids is 1. The third-order valence-corrected chi connectivity index (χ3v) is 3.13. The fourth-order valence-electron chi connectivity index (χ4n) is 2.21. The molecule has 2 rings (SSSR count). The molecular formula is C13H13F3O2. The van der Waals surface area contributed by atoms with Crippen LogP contribution in [0.25, 0.3) is 0 Å².